The molecule has 0 unspecified atom stereocenters. The summed E-state index contributed by atoms with van der Waals surface area (Å²) in [5.74, 6) is -0.185. The van der Waals surface area contributed by atoms with E-state index in [1.807, 2.05) is 0 Å². The fourth-order valence-corrected chi connectivity index (χ4v) is 2.38. The average molecular weight is 299 g/mol. The van der Waals surface area contributed by atoms with Crippen molar-refractivity contribution in [2.75, 3.05) is 0 Å². The van der Waals surface area contributed by atoms with Crippen LogP contribution < -0.4 is 17.0 Å². The van der Waals surface area contributed by atoms with Crippen molar-refractivity contribution in [1.29, 1.82) is 0 Å². The van der Waals surface area contributed by atoms with Gasteiger partial charge in [0, 0.05) is 0 Å². The van der Waals surface area contributed by atoms with Gasteiger partial charge in [0.1, 0.15) is 12.3 Å². The van der Waals surface area contributed by atoms with Crippen LogP contribution in [-0.2, 0) is 17.9 Å². The van der Waals surface area contributed by atoms with Crippen molar-refractivity contribution in [3.63, 3.8) is 0 Å². The Kier molecular flexibility index (Phi) is 3.38. The van der Waals surface area contributed by atoms with Crippen molar-refractivity contribution in [3.05, 3.63) is 69.3 Å². The number of rotatable bonds is 4. The lowest BCUT2D eigenvalue weighted by Crippen LogP contribution is -2.42. The van der Waals surface area contributed by atoms with Gasteiger partial charge in [0.2, 0.25) is 5.91 Å². The molecule has 0 radical (unpaired) electrons. The molecule has 0 aliphatic carbocycles. The van der Waals surface area contributed by atoms with Crippen LogP contribution in [0.25, 0.3) is 10.9 Å². The maximum atomic E-state index is 12.5. The summed E-state index contributed by atoms with van der Waals surface area (Å²) in [6, 6.07) is 9.93. The highest BCUT2D eigenvalue weighted by Gasteiger charge is 2.15. The molecule has 0 fully saturated rings. The van der Waals surface area contributed by atoms with Gasteiger partial charge in [-0.15, -0.1) is 0 Å². The van der Waals surface area contributed by atoms with Crippen molar-refractivity contribution in [2.45, 2.75) is 13.1 Å². The fourth-order valence-electron chi connectivity index (χ4n) is 2.38. The predicted molar refractivity (Wildman–Crippen MR) is 79.5 cm³/mol. The van der Waals surface area contributed by atoms with Crippen molar-refractivity contribution in [1.82, 2.24) is 9.13 Å². The Morgan fingerprint density at radius 3 is 2.55 bits per heavy atom. The molecule has 0 aliphatic heterocycles. The lowest BCUT2D eigenvalue weighted by Gasteiger charge is -2.12. The second kappa shape index (κ2) is 5.36. The van der Waals surface area contributed by atoms with Crippen LogP contribution in [0.15, 0.2) is 56.7 Å². The van der Waals surface area contributed by atoms with Crippen LogP contribution in [0.4, 0.5) is 0 Å². The van der Waals surface area contributed by atoms with Gasteiger partial charge >= 0.3 is 5.69 Å². The molecule has 1 aromatic carbocycles. The second-order valence-corrected chi connectivity index (χ2v) is 4.82. The molecule has 1 amide bonds. The Morgan fingerprint density at radius 1 is 1.09 bits per heavy atom. The number of furan rings is 1. The maximum Gasteiger partial charge on any atom is 0.332 e. The average Bonchev–Trinajstić information content (AvgIpc) is 3.01. The number of nitrogens with two attached hydrogens (primary N) is 1. The standard InChI is InChI=1S/C15H13N3O4/c16-13(19)9-17-12-6-2-1-5-11(12)14(20)18(15(17)21)8-10-4-3-7-22-10/h1-7H,8-9H2,(H2,16,19). The molecule has 112 valence electrons. The number of aromatic nitrogens is 2. The van der Waals surface area contributed by atoms with Crippen LogP contribution in [0.2, 0.25) is 0 Å². The normalized spacial score (nSPS) is 10.9. The summed E-state index contributed by atoms with van der Waals surface area (Å²) in [4.78, 5) is 36.3. The molecule has 0 atom stereocenters. The van der Waals surface area contributed by atoms with Crippen LogP contribution in [-0.4, -0.2) is 15.0 Å². The van der Waals surface area contributed by atoms with Crippen LogP contribution in [0, 0.1) is 0 Å². The SMILES string of the molecule is NC(=O)Cn1c(=O)n(Cc2ccco2)c(=O)c2ccccc21. The summed E-state index contributed by atoms with van der Waals surface area (Å²) < 4.78 is 7.41. The monoisotopic (exact) mass is 299 g/mol. The minimum atomic E-state index is -0.657. The Labute approximate surface area is 124 Å². The fraction of sp³-hybridized carbons (Fsp3) is 0.133. The van der Waals surface area contributed by atoms with Gasteiger partial charge < -0.3 is 10.2 Å². The minimum Gasteiger partial charge on any atom is -0.467 e. The molecule has 3 aromatic rings. The van der Waals surface area contributed by atoms with Crippen LogP contribution in [0.1, 0.15) is 5.76 Å². The number of fused-ring (bicyclic) bond motifs is 1. The van der Waals surface area contributed by atoms with Crippen molar-refractivity contribution >= 4 is 16.8 Å². The number of para-hydroxylation sites is 1. The quantitative estimate of drug-likeness (QED) is 0.748. The lowest BCUT2D eigenvalue weighted by atomic mass is 10.2. The van der Waals surface area contributed by atoms with Crippen molar-refractivity contribution in [3.8, 4) is 0 Å². The van der Waals surface area contributed by atoms with Crippen molar-refractivity contribution < 1.29 is 9.21 Å². The number of carbonyl (C=O) groups excluding carboxylic acids is 1. The molecule has 7 nitrogen and oxygen atoms in total. The van der Waals surface area contributed by atoms with Gasteiger partial charge in [-0.25, -0.2) is 4.79 Å². The number of benzene rings is 1. The zero-order valence-corrected chi connectivity index (χ0v) is 11.6. The first-order chi connectivity index (χ1) is 10.6. The van der Waals surface area contributed by atoms with E-state index in [0.717, 1.165) is 4.57 Å². The summed E-state index contributed by atoms with van der Waals surface area (Å²) in [5.41, 5.74) is 4.55. The molecule has 0 spiro atoms. The van der Waals surface area contributed by atoms with E-state index in [-0.39, 0.29) is 13.1 Å². The third kappa shape index (κ3) is 2.32. The summed E-state index contributed by atoms with van der Waals surface area (Å²) in [6.45, 7) is -0.300. The van der Waals surface area contributed by atoms with Gasteiger partial charge in [0.25, 0.3) is 5.56 Å². The van der Waals surface area contributed by atoms with Gasteiger partial charge in [-0.2, -0.15) is 0 Å². The maximum absolute atomic E-state index is 12.5. The number of amides is 1. The minimum absolute atomic E-state index is 0.00569. The molecule has 7 heteroatoms. The Bertz CT molecular complexity index is 951. The molecule has 2 aromatic heterocycles. The first-order valence-electron chi connectivity index (χ1n) is 6.61. The predicted octanol–water partition coefficient (Wildman–Crippen LogP) is 0.290. The molecule has 0 saturated heterocycles. The van der Waals surface area contributed by atoms with Gasteiger partial charge in [-0.1, -0.05) is 12.1 Å². The Balaban J connectivity index is 2.30. The van der Waals surface area contributed by atoms with Gasteiger partial charge in [-0.05, 0) is 24.3 Å². The van der Waals surface area contributed by atoms with Crippen LogP contribution >= 0.6 is 0 Å². The van der Waals surface area contributed by atoms with E-state index in [4.69, 9.17) is 10.2 Å². The van der Waals surface area contributed by atoms with E-state index in [0.29, 0.717) is 16.7 Å². The molecular formula is C15H13N3O4. The van der Waals surface area contributed by atoms with Gasteiger partial charge in [-0.3, -0.25) is 18.7 Å². The number of primary amides is 1. The Morgan fingerprint density at radius 2 is 1.86 bits per heavy atom. The van der Waals surface area contributed by atoms with Crippen LogP contribution in [0.5, 0.6) is 0 Å². The number of carbonyl (C=O) groups is 1. The molecule has 2 N–H and O–H groups in total. The highest BCUT2D eigenvalue weighted by atomic mass is 16.3. The number of hydrogen-bond donors (Lipinski definition) is 1. The Hall–Kier alpha value is -3.09. The number of hydrogen-bond acceptors (Lipinski definition) is 4. The van der Waals surface area contributed by atoms with E-state index < -0.39 is 17.2 Å². The first kappa shape index (κ1) is 13.9. The first-order valence-corrected chi connectivity index (χ1v) is 6.61. The lowest BCUT2D eigenvalue weighted by molar-refractivity contribution is -0.118. The van der Waals surface area contributed by atoms with E-state index in [1.54, 1.807) is 36.4 Å². The molecule has 22 heavy (non-hydrogen) atoms. The smallest absolute Gasteiger partial charge is 0.332 e. The van der Waals surface area contributed by atoms with E-state index in [2.05, 4.69) is 0 Å². The third-order valence-corrected chi connectivity index (χ3v) is 3.34. The summed E-state index contributed by atoms with van der Waals surface area (Å²) in [5, 5.41) is 0.343. The summed E-state index contributed by atoms with van der Waals surface area (Å²) >= 11 is 0. The molecule has 0 aliphatic rings. The summed E-state index contributed by atoms with van der Waals surface area (Å²) in [6.07, 6.45) is 1.46. The van der Waals surface area contributed by atoms with Gasteiger partial charge in [0.05, 0.1) is 23.7 Å². The summed E-state index contributed by atoms with van der Waals surface area (Å²) in [7, 11) is 0. The molecule has 3 rings (SSSR count). The molecule has 0 bridgehead atoms. The molecule has 0 saturated carbocycles. The largest absolute Gasteiger partial charge is 0.467 e. The highest BCUT2D eigenvalue weighted by Crippen LogP contribution is 2.08. The van der Waals surface area contributed by atoms with Crippen LogP contribution in [0.3, 0.4) is 0 Å². The number of nitrogens with zero attached hydrogens (tertiary/aromatic N) is 2. The molecular weight excluding hydrogens is 286 g/mol. The second-order valence-electron chi connectivity index (χ2n) is 4.82. The third-order valence-electron chi connectivity index (χ3n) is 3.34. The van der Waals surface area contributed by atoms with E-state index in [9.17, 15) is 14.4 Å². The zero-order chi connectivity index (χ0) is 15.7. The van der Waals surface area contributed by atoms with Crippen molar-refractivity contribution in [2.24, 2.45) is 5.73 Å². The highest BCUT2D eigenvalue weighted by molar-refractivity contribution is 5.80. The zero-order valence-electron chi connectivity index (χ0n) is 11.6. The van der Waals surface area contributed by atoms with Gasteiger partial charge in [0.15, 0.2) is 0 Å². The topological polar surface area (TPSA) is 100 Å². The van der Waals surface area contributed by atoms with E-state index >= 15 is 0 Å². The van der Waals surface area contributed by atoms with E-state index in [1.165, 1.54) is 10.8 Å². The molecule has 2 heterocycles.